The first-order valence-electron chi connectivity index (χ1n) is 7.06. The molecule has 2 aromatic heterocycles. The third-order valence-corrected chi connectivity index (χ3v) is 4.34. The monoisotopic (exact) mass is 300 g/mol. The van der Waals surface area contributed by atoms with Crippen LogP contribution in [0.4, 0.5) is 0 Å². The Bertz CT molecular complexity index is 780. The molecule has 21 heavy (non-hydrogen) atoms. The molecule has 0 saturated carbocycles. The highest BCUT2D eigenvalue weighted by molar-refractivity contribution is 6.30. The molecule has 5 heteroatoms. The van der Waals surface area contributed by atoms with Crippen LogP contribution in [0.2, 0.25) is 5.15 Å². The summed E-state index contributed by atoms with van der Waals surface area (Å²) in [5.41, 5.74) is 3.97. The Morgan fingerprint density at radius 3 is 2.48 bits per heavy atom. The number of nitrogens with zero attached hydrogens (tertiary/aromatic N) is 4. The van der Waals surface area contributed by atoms with E-state index in [9.17, 15) is 0 Å². The predicted molar refractivity (Wildman–Crippen MR) is 83.8 cm³/mol. The molecule has 0 aliphatic carbocycles. The van der Waals surface area contributed by atoms with Crippen molar-refractivity contribution in [3.05, 3.63) is 58.0 Å². The smallest absolute Gasteiger partial charge is 0.181 e. The first-order chi connectivity index (χ1) is 10.1. The lowest BCUT2D eigenvalue weighted by Crippen LogP contribution is -2.08. The van der Waals surface area contributed by atoms with Crippen LogP contribution in [0.1, 0.15) is 41.8 Å². The second-order valence-electron chi connectivity index (χ2n) is 5.21. The standard InChI is InChI=1S/C16H17ClN4/c1-4-13(12-8-6-5-7-9-12)16-19-18-15-11(3)10(2)14(17)20-21(15)16/h5-9,13H,4H2,1-3H3. The van der Waals surface area contributed by atoms with Crippen molar-refractivity contribution in [2.75, 3.05) is 0 Å². The molecule has 0 aliphatic rings. The van der Waals surface area contributed by atoms with Gasteiger partial charge in [0.15, 0.2) is 16.6 Å². The molecule has 0 N–H and O–H groups in total. The molecule has 0 aliphatic heterocycles. The molecule has 4 nitrogen and oxygen atoms in total. The van der Waals surface area contributed by atoms with E-state index in [4.69, 9.17) is 11.6 Å². The molecule has 2 heterocycles. The van der Waals surface area contributed by atoms with Gasteiger partial charge in [0, 0.05) is 11.5 Å². The molecule has 1 unspecified atom stereocenters. The highest BCUT2D eigenvalue weighted by Crippen LogP contribution is 2.28. The number of rotatable bonds is 3. The average molecular weight is 301 g/mol. The van der Waals surface area contributed by atoms with Gasteiger partial charge in [0.2, 0.25) is 0 Å². The maximum atomic E-state index is 6.23. The molecule has 0 saturated heterocycles. The molecule has 1 atom stereocenters. The van der Waals surface area contributed by atoms with Crippen LogP contribution in [-0.2, 0) is 0 Å². The first kappa shape index (κ1) is 14.0. The van der Waals surface area contributed by atoms with Gasteiger partial charge >= 0.3 is 0 Å². The van der Waals surface area contributed by atoms with Gasteiger partial charge in [0.05, 0.1) is 0 Å². The Morgan fingerprint density at radius 2 is 1.81 bits per heavy atom. The number of hydrogen-bond acceptors (Lipinski definition) is 3. The van der Waals surface area contributed by atoms with Crippen LogP contribution in [0.15, 0.2) is 30.3 Å². The molecule has 0 fully saturated rings. The van der Waals surface area contributed by atoms with Crippen molar-refractivity contribution in [1.29, 1.82) is 0 Å². The fourth-order valence-electron chi connectivity index (χ4n) is 2.58. The summed E-state index contributed by atoms with van der Waals surface area (Å²) in [5.74, 6) is 0.996. The maximum absolute atomic E-state index is 6.23. The Kier molecular flexibility index (Phi) is 3.64. The highest BCUT2D eigenvalue weighted by Gasteiger charge is 2.21. The lowest BCUT2D eigenvalue weighted by atomic mass is 9.96. The van der Waals surface area contributed by atoms with Gasteiger partial charge in [-0.05, 0) is 31.4 Å². The quantitative estimate of drug-likeness (QED) is 0.736. The molecule has 0 radical (unpaired) electrons. The number of hydrogen-bond donors (Lipinski definition) is 0. The minimum atomic E-state index is 0.159. The van der Waals surface area contributed by atoms with E-state index in [-0.39, 0.29) is 5.92 Å². The van der Waals surface area contributed by atoms with Crippen LogP contribution >= 0.6 is 11.6 Å². The summed E-state index contributed by atoms with van der Waals surface area (Å²) in [5, 5.41) is 13.6. The van der Waals surface area contributed by atoms with Crippen molar-refractivity contribution in [1.82, 2.24) is 19.8 Å². The third kappa shape index (κ3) is 2.29. The lowest BCUT2D eigenvalue weighted by molar-refractivity contribution is 0.679. The van der Waals surface area contributed by atoms with Crippen molar-refractivity contribution >= 4 is 17.2 Å². The van der Waals surface area contributed by atoms with Crippen LogP contribution in [0.3, 0.4) is 0 Å². The molecule has 3 rings (SSSR count). The van der Waals surface area contributed by atoms with E-state index in [0.29, 0.717) is 5.15 Å². The average Bonchev–Trinajstić information content (AvgIpc) is 2.91. The summed E-state index contributed by atoms with van der Waals surface area (Å²) in [6.07, 6.45) is 0.928. The van der Waals surface area contributed by atoms with Gasteiger partial charge in [-0.1, -0.05) is 48.9 Å². The van der Waals surface area contributed by atoms with Crippen LogP contribution < -0.4 is 0 Å². The minimum Gasteiger partial charge on any atom is -0.195 e. The van der Waals surface area contributed by atoms with E-state index >= 15 is 0 Å². The van der Waals surface area contributed by atoms with E-state index in [1.54, 1.807) is 4.52 Å². The van der Waals surface area contributed by atoms with Crippen LogP contribution in [0, 0.1) is 13.8 Å². The molecular weight excluding hydrogens is 284 g/mol. The molecule has 0 spiro atoms. The SMILES string of the molecule is CCC(c1ccccc1)c1nnc2c(C)c(C)c(Cl)nn12. The summed E-state index contributed by atoms with van der Waals surface area (Å²) >= 11 is 6.23. The van der Waals surface area contributed by atoms with Crippen molar-refractivity contribution in [2.24, 2.45) is 0 Å². The number of fused-ring (bicyclic) bond motifs is 1. The van der Waals surface area contributed by atoms with Gasteiger partial charge in [0.1, 0.15) is 0 Å². The normalized spacial score (nSPS) is 12.8. The van der Waals surface area contributed by atoms with Crippen molar-refractivity contribution in [3.8, 4) is 0 Å². The largest absolute Gasteiger partial charge is 0.195 e. The highest BCUT2D eigenvalue weighted by atomic mass is 35.5. The zero-order chi connectivity index (χ0) is 15.0. The van der Waals surface area contributed by atoms with Crippen molar-refractivity contribution < 1.29 is 0 Å². The van der Waals surface area contributed by atoms with E-state index in [1.807, 2.05) is 32.0 Å². The van der Waals surface area contributed by atoms with Gasteiger partial charge in [-0.25, -0.2) is 0 Å². The van der Waals surface area contributed by atoms with Crippen molar-refractivity contribution in [2.45, 2.75) is 33.1 Å². The number of aromatic nitrogens is 4. The molecular formula is C16H17ClN4. The Hall–Kier alpha value is -1.94. The van der Waals surface area contributed by atoms with Crippen LogP contribution in [-0.4, -0.2) is 19.8 Å². The molecule has 0 amide bonds. The predicted octanol–water partition coefficient (Wildman–Crippen LogP) is 3.94. The van der Waals surface area contributed by atoms with Crippen LogP contribution in [0.5, 0.6) is 0 Å². The lowest BCUT2D eigenvalue weighted by Gasteiger charge is -2.13. The van der Waals surface area contributed by atoms with Gasteiger partial charge in [0.25, 0.3) is 0 Å². The number of aryl methyl sites for hydroxylation is 1. The number of benzene rings is 1. The molecule has 1 aromatic carbocycles. The van der Waals surface area contributed by atoms with E-state index < -0.39 is 0 Å². The van der Waals surface area contributed by atoms with Crippen LogP contribution in [0.25, 0.3) is 5.65 Å². The summed E-state index contributed by atoms with van der Waals surface area (Å²) in [6.45, 7) is 6.09. The Labute approximate surface area is 128 Å². The second-order valence-corrected chi connectivity index (χ2v) is 5.56. The molecule has 3 aromatic rings. The van der Waals surface area contributed by atoms with E-state index in [2.05, 4.69) is 34.4 Å². The fourth-order valence-corrected chi connectivity index (χ4v) is 2.80. The van der Waals surface area contributed by atoms with Gasteiger partial charge in [-0.3, -0.25) is 0 Å². The minimum absolute atomic E-state index is 0.159. The van der Waals surface area contributed by atoms with E-state index in [0.717, 1.165) is 29.0 Å². The molecule has 108 valence electrons. The summed E-state index contributed by atoms with van der Waals surface area (Å²) in [4.78, 5) is 0. The van der Waals surface area contributed by atoms with Gasteiger partial charge in [-0.2, -0.15) is 9.61 Å². The zero-order valence-corrected chi connectivity index (χ0v) is 13.1. The maximum Gasteiger partial charge on any atom is 0.181 e. The summed E-state index contributed by atoms with van der Waals surface area (Å²) in [6, 6.07) is 10.3. The van der Waals surface area contributed by atoms with Gasteiger partial charge < -0.3 is 0 Å². The Morgan fingerprint density at radius 1 is 1.10 bits per heavy atom. The first-order valence-corrected chi connectivity index (χ1v) is 7.44. The fraction of sp³-hybridized carbons (Fsp3) is 0.312. The zero-order valence-electron chi connectivity index (χ0n) is 12.3. The molecule has 0 bridgehead atoms. The summed E-state index contributed by atoms with van der Waals surface area (Å²) < 4.78 is 1.78. The number of halogens is 1. The summed E-state index contributed by atoms with van der Waals surface area (Å²) in [7, 11) is 0. The Balaban J connectivity index is 2.21. The third-order valence-electron chi connectivity index (χ3n) is 3.98. The van der Waals surface area contributed by atoms with Crippen molar-refractivity contribution in [3.63, 3.8) is 0 Å². The second kappa shape index (κ2) is 5.45. The van der Waals surface area contributed by atoms with Gasteiger partial charge in [-0.15, -0.1) is 10.2 Å². The van der Waals surface area contributed by atoms with E-state index in [1.165, 1.54) is 5.56 Å². The topological polar surface area (TPSA) is 43.1 Å².